The van der Waals surface area contributed by atoms with Crippen LogP contribution >= 0.6 is 11.6 Å². The average Bonchev–Trinajstić information content (AvgIpc) is 2.75. The summed E-state index contributed by atoms with van der Waals surface area (Å²) in [6.07, 6.45) is 8.68. The lowest BCUT2D eigenvalue weighted by Gasteiger charge is -2.26. The second kappa shape index (κ2) is 11.3. The molecule has 1 aliphatic heterocycles. The van der Waals surface area contributed by atoms with Gasteiger partial charge in [-0.1, -0.05) is 36.6 Å². The highest BCUT2D eigenvalue weighted by atomic mass is 35.5. The number of piperidine rings is 1. The number of ether oxygens (including phenoxy) is 2. The molecule has 0 amide bonds. The van der Waals surface area contributed by atoms with Gasteiger partial charge in [0.05, 0.1) is 17.8 Å². The Kier molecular flexibility index (Phi) is 8.51. The third-order valence-electron chi connectivity index (χ3n) is 5.60. The number of anilines is 1. The number of hydrogen-bond donors (Lipinski definition) is 1. The molecule has 1 fully saturated rings. The highest BCUT2D eigenvalue weighted by Crippen LogP contribution is 2.31. The maximum absolute atomic E-state index is 6.28. The Labute approximate surface area is 179 Å². The summed E-state index contributed by atoms with van der Waals surface area (Å²) in [7, 11) is 1.67. The maximum Gasteiger partial charge on any atom is 0.125 e. The van der Waals surface area contributed by atoms with Crippen molar-refractivity contribution < 1.29 is 9.47 Å². The molecule has 0 atom stereocenters. The van der Waals surface area contributed by atoms with E-state index in [9.17, 15) is 0 Å². The van der Waals surface area contributed by atoms with Crippen molar-refractivity contribution in [3.63, 3.8) is 0 Å². The fourth-order valence-corrected chi connectivity index (χ4v) is 4.02. The number of benzene rings is 2. The lowest BCUT2D eigenvalue weighted by atomic mass is 10.0. The molecule has 1 saturated heterocycles. The smallest absolute Gasteiger partial charge is 0.125 e. The Hall–Kier alpha value is -1.91. The van der Waals surface area contributed by atoms with Crippen LogP contribution < -0.4 is 15.2 Å². The van der Waals surface area contributed by atoms with Crippen molar-refractivity contribution in [1.82, 2.24) is 4.90 Å². The fraction of sp³-hybridized carbons (Fsp3) is 0.500. The van der Waals surface area contributed by atoms with E-state index in [4.69, 9.17) is 26.8 Å². The molecule has 158 valence electrons. The zero-order valence-corrected chi connectivity index (χ0v) is 18.2. The number of nitrogens with zero attached hydrogens (tertiary/aromatic N) is 1. The molecule has 0 saturated carbocycles. The standard InChI is InChI=1S/C24H33ClN2O2/c1-28-21-11-9-19(10-12-21)18-29-24-17-23(26)22(25)16-20(24)8-4-2-5-13-27-14-6-3-7-15-27/h9-12,16-17H,2-8,13-15,18,26H2,1H3. The molecule has 0 aromatic heterocycles. The zero-order chi connectivity index (χ0) is 20.5. The number of halogens is 1. The van der Waals surface area contributed by atoms with Crippen molar-refractivity contribution in [2.45, 2.75) is 51.6 Å². The highest BCUT2D eigenvalue weighted by molar-refractivity contribution is 6.33. The Morgan fingerprint density at radius 3 is 2.48 bits per heavy atom. The van der Waals surface area contributed by atoms with Gasteiger partial charge in [-0.3, -0.25) is 0 Å². The van der Waals surface area contributed by atoms with Crippen LogP contribution in [0.3, 0.4) is 0 Å². The first kappa shape index (κ1) is 21.8. The molecule has 5 heteroatoms. The van der Waals surface area contributed by atoms with Crippen molar-refractivity contribution in [2.75, 3.05) is 32.5 Å². The Morgan fingerprint density at radius 2 is 1.76 bits per heavy atom. The second-order valence-corrected chi connectivity index (χ2v) is 8.24. The fourth-order valence-electron chi connectivity index (χ4n) is 3.83. The number of rotatable bonds is 10. The number of unbranched alkanes of at least 4 members (excludes halogenated alkanes) is 2. The maximum atomic E-state index is 6.28. The molecule has 4 nitrogen and oxygen atoms in total. The number of methoxy groups -OCH3 is 1. The van der Waals surface area contributed by atoms with Crippen molar-refractivity contribution in [1.29, 1.82) is 0 Å². The minimum absolute atomic E-state index is 0.493. The van der Waals surface area contributed by atoms with Gasteiger partial charge in [-0.2, -0.15) is 0 Å². The predicted octanol–water partition coefficient (Wildman–Crippen LogP) is 5.71. The summed E-state index contributed by atoms with van der Waals surface area (Å²) in [6, 6.07) is 11.7. The van der Waals surface area contributed by atoms with Gasteiger partial charge >= 0.3 is 0 Å². The Bertz CT molecular complexity index is 758. The van der Waals surface area contributed by atoms with Crippen LogP contribution in [0.25, 0.3) is 0 Å². The Morgan fingerprint density at radius 1 is 1.00 bits per heavy atom. The van der Waals surface area contributed by atoms with Crippen molar-refractivity contribution >= 4 is 17.3 Å². The van der Waals surface area contributed by atoms with Gasteiger partial charge in [0.1, 0.15) is 18.1 Å². The van der Waals surface area contributed by atoms with E-state index in [0.29, 0.717) is 17.3 Å². The number of nitrogen functional groups attached to an aromatic ring is 1. The van der Waals surface area contributed by atoms with E-state index in [2.05, 4.69) is 4.90 Å². The SMILES string of the molecule is COc1ccc(COc2cc(N)c(Cl)cc2CCCCCN2CCCCC2)cc1. The van der Waals surface area contributed by atoms with Gasteiger partial charge in [0, 0.05) is 6.07 Å². The summed E-state index contributed by atoms with van der Waals surface area (Å²) < 4.78 is 11.3. The van der Waals surface area contributed by atoms with Gasteiger partial charge in [0.15, 0.2) is 0 Å². The van der Waals surface area contributed by atoms with Crippen molar-refractivity contribution in [3.05, 3.63) is 52.5 Å². The molecule has 2 aromatic carbocycles. The van der Waals surface area contributed by atoms with Crippen molar-refractivity contribution in [2.24, 2.45) is 0 Å². The first-order valence-electron chi connectivity index (χ1n) is 10.7. The van der Waals surface area contributed by atoms with Crippen LogP contribution in [-0.4, -0.2) is 31.6 Å². The predicted molar refractivity (Wildman–Crippen MR) is 121 cm³/mol. The van der Waals surface area contributed by atoms with Gasteiger partial charge in [-0.15, -0.1) is 0 Å². The minimum atomic E-state index is 0.493. The van der Waals surface area contributed by atoms with Crippen LogP contribution in [0.4, 0.5) is 5.69 Å². The molecule has 0 bridgehead atoms. The van der Waals surface area contributed by atoms with E-state index in [-0.39, 0.29) is 0 Å². The van der Waals surface area contributed by atoms with Crippen LogP contribution in [0.15, 0.2) is 36.4 Å². The number of hydrogen-bond acceptors (Lipinski definition) is 4. The molecule has 3 rings (SSSR count). The second-order valence-electron chi connectivity index (χ2n) is 7.83. The summed E-state index contributed by atoms with van der Waals surface area (Å²) in [6.45, 7) is 4.27. The molecule has 29 heavy (non-hydrogen) atoms. The normalized spacial score (nSPS) is 14.7. The summed E-state index contributed by atoms with van der Waals surface area (Å²) in [4.78, 5) is 2.60. The number of nitrogens with two attached hydrogens (primary N) is 1. The Balaban J connectivity index is 1.51. The van der Waals surface area contributed by atoms with Crippen LogP contribution in [0.5, 0.6) is 11.5 Å². The molecule has 0 unspecified atom stereocenters. The lowest BCUT2D eigenvalue weighted by molar-refractivity contribution is 0.224. The van der Waals surface area contributed by atoms with E-state index < -0.39 is 0 Å². The molecule has 1 aliphatic rings. The molecular formula is C24H33ClN2O2. The van der Waals surface area contributed by atoms with Gasteiger partial charge in [-0.05, 0) is 81.1 Å². The van der Waals surface area contributed by atoms with Crippen LogP contribution in [0.1, 0.15) is 49.7 Å². The first-order valence-corrected chi connectivity index (χ1v) is 11.1. The largest absolute Gasteiger partial charge is 0.497 e. The highest BCUT2D eigenvalue weighted by Gasteiger charge is 2.11. The molecule has 0 radical (unpaired) electrons. The van der Waals surface area contributed by atoms with E-state index in [1.807, 2.05) is 36.4 Å². The van der Waals surface area contributed by atoms with E-state index in [1.165, 1.54) is 51.7 Å². The van der Waals surface area contributed by atoms with E-state index >= 15 is 0 Å². The average molecular weight is 417 g/mol. The van der Waals surface area contributed by atoms with Crippen molar-refractivity contribution in [3.8, 4) is 11.5 Å². The summed E-state index contributed by atoms with van der Waals surface area (Å²) >= 11 is 6.28. The van der Waals surface area contributed by atoms with Gasteiger partial charge < -0.3 is 20.1 Å². The van der Waals surface area contributed by atoms with Gasteiger partial charge in [-0.25, -0.2) is 0 Å². The third kappa shape index (κ3) is 6.83. The van der Waals surface area contributed by atoms with Gasteiger partial charge in [0.2, 0.25) is 0 Å². The number of likely N-dealkylation sites (tertiary alicyclic amines) is 1. The van der Waals surface area contributed by atoms with Crippen LogP contribution in [0.2, 0.25) is 5.02 Å². The minimum Gasteiger partial charge on any atom is -0.497 e. The first-order chi connectivity index (χ1) is 14.2. The summed E-state index contributed by atoms with van der Waals surface area (Å²) in [5, 5.41) is 0.602. The topological polar surface area (TPSA) is 47.7 Å². The van der Waals surface area contributed by atoms with Crippen LogP contribution in [0, 0.1) is 0 Å². The zero-order valence-electron chi connectivity index (χ0n) is 17.5. The lowest BCUT2D eigenvalue weighted by Crippen LogP contribution is -2.30. The molecule has 2 aromatic rings. The quantitative estimate of drug-likeness (QED) is 0.398. The molecule has 2 N–H and O–H groups in total. The summed E-state index contributed by atoms with van der Waals surface area (Å²) in [5.41, 5.74) is 8.81. The molecule has 1 heterocycles. The number of aryl methyl sites for hydroxylation is 1. The monoisotopic (exact) mass is 416 g/mol. The third-order valence-corrected chi connectivity index (χ3v) is 5.93. The van der Waals surface area contributed by atoms with Crippen LogP contribution in [-0.2, 0) is 13.0 Å². The van der Waals surface area contributed by atoms with Gasteiger partial charge in [0.25, 0.3) is 0 Å². The van der Waals surface area contributed by atoms with E-state index in [1.54, 1.807) is 7.11 Å². The molecule has 0 aliphatic carbocycles. The molecule has 0 spiro atoms. The molecular weight excluding hydrogens is 384 g/mol. The van der Waals surface area contributed by atoms with E-state index in [0.717, 1.165) is 35.5 Å². The summed E-state index contributed by atoms with van der Waals surface area (Å²) in [5.74, 6) is 1.67.